The Morgan fingerprint density at radius 1 is 1.27 bits per heavy atom. The molecule has 3 rings (SSSR count). The molecule has 2 aromatic rings. The Morgan fingerprint density at radius 3 is 2.59 bits per heavy atom. The molecule has 0 saturated heterocycles. The molecule has 1 saturated carbocycles. The molecule has 0 spiro atoms. The first-order chi connectivity index (χ1) is 10.5. The minimum absolute atomic E-state index is 0.216. The van der Waals surface area contributed by atoms with E-state index in [1.54, 1.807) is 19.2 Å². The van der Waals surface area contributed by atoms with Crippen molar-refractivity contribution in [1.82, 2.24) is 4.57 Å². The van der Waals surface area contributed by atoms with Crippen LogP contribution in [0.2, 0.25) is 0 Å². The van der Waals surface area contributed by atoms with Gasteiger partial charge in [-0.2, -0.15) is 0 Å². The molecule has 1 aromatic carbocycles. The predicted octanol–water partition coefficient (Wildman–Crippen LogP) is 2.73. The number of nitrogens with zero attached hydrogens (tertiary/aromatic N) is 1. The van der Waals surface area contributed by atoms with Crippen LogP contribution in [0.5, 0.6) is 5.75 Å². The number of benzene rings is 1. The number of aromatic nitrogens is 1. The van der Waals surface area contributed by atoms with Crippen molar-refractivity contribution in [3.8, 4) is 11.4 Å². The van der Waals surface area contributed by atoms with E-state index in [-0.39, 0.29) is 5.56 Å². The van der Waals surface area contributed by atoms with Gasteiger partial charge in [-0.25, -0.2) is 4.79 Å². The molecule has 0 radical (unpaired) electrons. The smallest absolute Gasteiger partial charge is 0.341 e. The third-order valence-corrected chi connectivity index (χ3v) is 4.00. The topological polar surface area (TPSA) is 68.5 Å². The summed E-state index contributed by atoms with van der Waals surface area (Å²) in [5, 5.41) is 9.21. The molecule has 114 valence electrons. The van der Waals surface area contributed by atoms with Gasteiger partial charge in [-0.15, -0.1) is 0 Å². The molecular formula is C17H17NO4. The highest BCUT2D eigenvalue weighted by molar-refractivity contribution is 5.87. The van der Waals surface area contributed by atoms with E-state index in [4.69, 9.17) is 4.74 Å². The number of carboxylic acids is 1. The van der Waals surface area contributed by atoms with Crippen LogP contribution in [-0.4, -0.2) is 22.8 Å². The number of pyridine rings is 1. The second kappa shape index (κ2) is 5.33. The average Bonchev–Trinajstić information content (AvgIpc) is 3.32. The van der Waals surface area contributed by atoms with E-state index in [2.05, 4.69) is 0 Å². The molecule has 5 nitrogen and oxygen atoms in total. The van der Waals surface area contributed by atoms with Crippen molar-refractivity contribution < 1.29 is 14.6 Å². The number of carbonyl (C=O) groups is 1. The van der Waals surface area contributed by atoms with Gasteiger partial charge in [-0.3, -0.25) is 9.36 Å². The molecule has 1 fully saturated rings. The highest BCUT2D eigenvalue weighted by atomic mass is 16.5. The monoisotopic (exact) mass is 299 g/mol. The maximum Gasteiger partial charge on any atom is 0.341 e. The van der Waals surface area contributed by atoms with Gasteiger partial charge in [0.25, 0.3) is 5.56 Å². The number of hydrogen-bond donors (Lipinski definition) is 1. The van der Waals surface area contributed by atoms with Gasteiger partial charge in [0.1, 0.15) is 11.3 Å². The summed E-state index contributed by atoms with van der Waals surface area (Å²) in [5.41, 5.74) is 1.73. The maximum absolute atomic E-state index is 12.7. The second-order valence-corrected chi connectivity index (χ2v) is 5.54. The van der Waals surface area contributed by atoms with E-state index in [1.165, 1.54) is 10.6 Å². The average molecular weight is 299 g/mol. The van der Waals surface area contributed by atoms with E-state index in [9.17, 15) is 14.7 Å². The van der Waals surface area contributed by atoms with Gasteiger partial charge in [0.05, 0.1) is 12.8 Å². The summed E-state index contributed by atoms with van der Waals surface area (Å²) in [6.45, 7) is 1.89. The van der Waals surface area contributed by atoms with Crippen LogP contribution in [0.1, 0.15) is 40.4 Å². The van der Waals surface area contributed by atoms with Gasteiger partial charge in [0.2, 0.25) is 0 Å². The fourth-order valence-electron chi connectivity index (χ4n) is 2.62. The lowest BCUT2D eigenvalue weighted by molar-refractivity contribution is 0.0694. The molecule has 0 amide bonds. The normalized spacial score (nSPS) is 13.9. The van der Waals surface area contributed by atoms with Crippen LogP contribution in [0.4, 0.5) is 0 Å². The van der Waals surface area contributed by atoms with Gasteiger partial charge in [-0.1, -0.05) is 6.07 Å². The quantitative estimate of drug-likeness (QED) is 0.942. The second-order valence-electron chi connectivity index (χ2n) is 5.54. The number of ether oxygens (including phenoxy) is 1. The summed E-state index contributed by atoms with van der Waals surface area (Å²) in [7, 11) is 1.56. The summed E-state index contributed by atoms with van der Waals surface area (Å²) < 4.78 is 6.76. The summed E-state index contributed by atoms with van der Waals surface area (Å²) in [6.07, 6.45) is 2.05. The molecule has 1 aliphatic carbocycles. The summed E-state index contributed by atoms with van der Waals surface area (Å²) >= 11 is 0. The number of aromatic carboxylic acids is 1. The lowest BCUT2D eigenvalue weighted by Crippen LogP contribution is -2.27. The molecule has 1 aromatic heterocycles. The predicted molar refractivity (Wildman–Crippen MR) is 82.3 cm³/mol. The van der Waals surface area contributed by atoms with Crippen molar-refractivity contribution in [3.63, 3.8) is 0 Å². The van der Waals surface area contributed by atoms with Crippen molar-refractivity contribution >= 4 is 5.97 Å². The minimum Gasteiger partial charge on any atom is -0.497 e. The van der Waals surface area contributed by atoms with Crippen LogP contribution in [-0.2, 0) is 0 Å². The lowest BCUT2D eigenvalue weighted by atomic mass is 10.1. The Balaban J connectivity index is 2.30. The third kappa shape index (κ3) is 2.39. The summed E-state index contributed by atoms with van der Waals surface area (Å²) in [6, 6.07) is 8.62. The Bertz CT molecular complexity index is 803. The number of methoxy groups -OCH3 is 1. The van der Waals surface area contributed by atoms with E-state index in [1.807, 2.05) is 19.1 Å². The van der Waals surface area contributed by atoms with Crippen LogP contribution in [0, 0.1) is 6.92 Å². The fourth-order valence-corrected chi connectivity index (χ4v) is 2.62. The van der Waals surface area contributed by atoms with Crippen LogP contribution in [0.3, 0.4) is 0 Å². The van der Waals surface area contributed by atoms with Crippen LogP contribution >= 0.6 is 0 Å². The zero-order valence-electron chi connectivity index (χ0n) is 12.5. The fraction of sp³-hybridized carbons (Fsp3) is 0.294. The highest BCUT2D eigenvalue weighted by Crippen LogP contribution is 2.40. The van der Waals surface area contributed by atoms with E-state index in [0.29, 0.717) is 17.4 Å². The molecule has 5 heteroatoms. The van der Waals surface area contributed by atoms with Crippen molar-refractivity contribution in [2.24, 2.45) is 0 Å². The zero-order chi connectivity index (χ0) is 15.9. The number of aryl methyl sites for hydroxylation is 1. The zero-order valence-corrected chi connectivity index (χ0v) is 12.5. The number of rotatable bonds is 4. The maximum atomic E-state index is 12.7. The van der Waals surface area contributed by atoms with E-state index >= 15 is 0 Å². The Kier molecular flexibility index (Phi) is 3.48. The largest absolute Gasteiger partial charge is 0.497 e. The standard InChI is InChI=1S/C17H17NO4/c1-10-3-6-12(22-2)9-15(10)18-14(11-4-5-11)8-7-13(16(18)19)17(20)21/h3,6-9,11H,4-5H2,1-2H3,(H,20,21). The Hall–Kier alpha value is -2.56. The first-order valence-corrected chi connectivity index (χ1v) is 7.17. The first-order valence-electron chi connectivity index (χ1n) is 7.17. The molecule has 0 unspecified atom stereocenters. The molecule has 1 heterocycles. The molecule has 0 bridgehead atoms. The molecule has 0 atom stereocenters. The van der Waals surface area contributed by atoms with Crippen molar-refractivity contribution in [3.05, 3.63) is 57.5 Å². The van der Waals surface area contributed by atoms with Gasteiger partial charge in [0, 0.05) is 11.8 Å². The molecule has 1 N–H and O–H groups in total. The summed E-state index contributed by atoms with van der Waals surface area (Å²) in [5.74, 6) is -0.252. The van der Waals surface area contributed by atoms with Gasteiger partial charge < -0.3 is 9.84 Å². The van der Waals surface area contributed by atoms with Crippen LogP contribution in [0.25, 0.3) is 5.69 Å². The van der Waals surface area contributed by atoms with E-state index < -0.39 is 11.5 Å². The number of hydrogen-bond acceptors (Lipinski definition) is 3. The first kappa shape index (κ1) is 14.4. The van der Waals surface area contributed by atoms with Crippen LogP contribution in [0.15, 0.2) is 35.1 Å². The minimum atomic E-state index is -1.21. The van der Waals surface area contributed by atoms with Gasteiger partial charge in [0.15, 0.2) is 0 Å². The van der Waals surface area contributed by atoms with Gasteiger partial charge >= 0.3 is 5.97 Å². The highest BCUT2D eigenvalue weighted by Gasteiger charge is 2.29. The molecular weight excluding hydrogens is 282 g/mol. The molecule has 1 aliphatic rings. The van der Waals surface area contributed by atoms with Crippen molar-refractivity contribution in [2.75, 3.05) is 7.11 Å². The molecule has 0 aliphatic heterocycles. The Morgan fingerprint density at radius 2 is 2.00 bits per heavy atom. The SMILES string of the molecule is COc1ccc(C)c(-n2c(C3CC3)ccc(C(=O)O)c2=O)c1. The van der Waals surface area contributed by atoms with Gasteiger partial charge in [-0.05, 0) is 49.4 Å². The number of carboxylic acid groups (broad SMARTS) is 1. The Labute approximate surface area is 127 Å². The summed E-state index contributed by atoms with van der Waals surface area (Å²) in [4.78, 5) is 23.9. The van der Waals surface area contributed by atoms with E-state index in [0.717, 1.165) is 24.1 Å². The van der Waals surface area contributed by atoms with Crippen LogP contribution < -0.4 is 10.3 Å². The van der Waals surface area contributed by atoms with Crippen molar-refractivity contribution in [2.45, 2.75) is 25.7 Å². The third-order valence-electron chi connectivity index (χ3n) is 4.00. The lowest BCUT2D eigenvalue weighted by Gasteiger charge is -2.16. The van der Waals surface area contributed by atoms with Crippen molar-refractivity contribution in [1.29, 1.82) is 0 Å². The molecule has 22 heavy (non-hydrogen) atoms.